The van der Waals surface area contributed by atoms with Gasteiger partial charge in [0.05, 0.1) is 0 Å². The second-order valence-corrected chi connectivity index (χ2v) is 4.60. The fourth-order valence-corrected chi connectivity index (χ4v) is 1.89. The monoisotopic (exact) mass is 241 g/mol. The molecule has 0 aliphatic heterocycles. The maximum Gasteiger partial charge on any atom is 0.0441 e. The third-order valence-electron chi connectivity index (χ3n) is 3.00. The number of anilines is 1. The van der Waals surface area contributed by atoms with E-state index in [-0.39, 0.29) is 6.04 Å². The quantitative estimate of drug-likeness (QED) is 0.895. The third kappa shape index (κ3) is 3.08. The average Bonchev–Trinajstić information content (AvgIpc) is 2.40. The van der Waals surface area contributed by atoms with E-state index in [4.69, 9.17) is 5.73 Å². The predicted octanol–water partition coefficient (Wildman–Crippen LogP) is 2.74. The van der Waals surface area contributed by atoms with Crippen molar-refractivity contribution in [1.82, 2.24) is 4.98 Å². The summed E-state index contributed by atoms with van der Waals surface area (Å²) < 4.78 is 0. The molecule has 1 aromatic heterocycles. The summed E-state index contributed by atoms with van der Waals surface area (Å²) in [6.45, 7) is 2.85. The van der Waals surface area contributed by atoms with Crippen LogP contribution in [-0.2, 0) is 6.54 Å². The van der Waals surface area contributed by atoms with E-state index in [2.05, 4.69) is 47.3 Å². The minimum atomic E-state index is 0.0858. The van der Waals surface area contributed by atoms with Gasteiger partial charge in [0.15, 0.2) is 0 Å². The van der Waals surface area contributed by atoms with Gasteiger partial charge in [0.2, 0.25) is 0 Å². The molecule has 0 radical (unpaired) electrons. The zero-order valence-corrected chi connectivity index (χ0v) is 10.9. The Balaban J connectivity index is 2.07. The molecule has 2 N–H and O–H groups in total. The molecule has 0 amide bonds. The maximum atomic E-state index is 5.84. The smallest absolute Gasteiger partial charge is 0.0441 e. The highest BCUT2D eigenvalue weighted by atomic mass is 15.1. The molecule has 3 nitrogen and oxygen atoms in total. The molecule has 0 aliphatic rings. The molecule has 3 heteroatoms. The van der Waals surface area contributed by atoms with Gasteiger partial charge < -0.3 is 10.6 Å². The standard InChI is InChI=1S/C15H19N3/c1-12(16)14-5-7-15(8-6-14)18(2)11-13-4-3-9-17-10-13/h3-10,12H,11,16H2,1-2H3/t12-/m1/s1. The second kappa shape index (κ2) is 5.65. The van der Waals surface area contributed by atoms with Crippen molar-refractivity contribution in [3.8, 4) is 0 Å². The van der Waals surface area contributed by atoms with Gasteiger partial charge in [-0.15, -0.1) is 0 Å². The second-order valence-electron chi connectivity index (χ2n) is 4.60. The lowest BCUT2D eigenvalue weighted by atomic mass is 10.1. The van der Waals surface area contributed by atoms with E-state index in [1.165, 1.54) is 11.3 Å². The van der Waals surface area contributed by atoms with Crippen LogP contribution < -0.4 is 10.6 Å². The highest BCUT2D eigenvalue weighted by molar-refractivity contribution is 5.47. The lowest BCUT2D eigenvalue weighted by molar-refractivity contribution is 0.817. The zero-order valence-electron chi connectivity index (χ0n) is 10.9. The molecule has 1 atom stereocenters. The minimum absolute atomic E-state index is 0.0858. The zero-order chi connectivity index (χ0) is 13.0. The van der Waals surface area contributed by atoms with Gasteiger partial charge in [0, 0.05) is 37.7 Å². The van der Waals surface area contributed by atoms with E-state index in [0.29, 0.717) is 0 Å². The fourth-order valence-electron chi connectivity index (χ4n) is 1.89. The SMILES string of the molecule is C[C@@H](N)c1ccc(N(C)Cc2cccnc2)cc1. The van der Waals surface area contributed by atoms with Gasteiger partial charge in [0.25, 0.3) is 0 Å². The van der Waals surface area contributed by atoms with Crippen molar-refractivity contribution in [2.75, 3.05) is 11.9 Å². The van der Waals surface area contributed by atoms with Crippen molar-refractivity contribution in [1.29, 1.82) is 0 Å². The fraction of sp³-hybridized carbons (Fsp3) is 0.267. The first-order chi connectivity index (χ1) is 8.66. The first-order valence-electron chi connectivity index (χ1n) is 6.12. The van der Waals surface area contributed by atoms with E-state index in [1.54, 1.807) is 6.20 Å². The number of nitrogens with zero attached hydrogens (tertiary/aromatic N) is 2. The summed E-state index contributed by atoms with van der Waals surface area (Å²) in [5.41, 5.74) is 9.39. The van der Waals surface area contributed by atoms with Gasteiger partial charge in [-0.2, -0.15) is 0 Å². The molecule has 2 rings (SSSR count). The Labute approximate surface area is 108 Å². The van der Waals surface area contributed by atoms with Gasteiger partial charge in [0.1, 0.15) is 0 Å². The summed E-state index contributed by atoms with van der Waals surface area (Å²) in [6.07, 6.45) is 3.69. The molecule has 2 aromatic rings. The van der Waals surface area contributed by atoms with Crippen LogP contribution in [0.1, 0.15) is 24.1 Å². The van der Waals surface area contributed by atoms with E-state index < -0.39 is 0 Å². The van der Waals surface area contributed by atoms with Crippen molar-refractivity contribution in [2.45, 2.75) is 19.5 Å². The molecular formula is C15H19N3. The lowest BCUT2D eigenvalue weighted by Gasteiger charge is -2.20. The molecule has 0 bridgehead atoms. The number of hydrogen-bond donors (Lipinski definition) is 1. The Morgan fingerprint density at radius 3 is 2.50 bits per heavy atom. The molecule has 0 fully saturated rings. The van der Waals surface area contributed by atoms with Crippen molar-refractivity contribution < 1.29 is 0 Å². The summed E-state index contributed by atoms with van der Waals surface area (Å²) in [6, 6.07) is 12.5. The van der Waals surface area contributed by atoms with Crippen LogP contribution in [0.15, 0.2) is 48.8 Å². The Morgan fingerprint density at radius 2 is 1.94 bits per heavy atom. The van der Waals surface area contributed by atoms with Gasteiger partial charge in [-0.1, -0.05) is 18.2 Å². The number of rotatable bonds is 4. The van der Waals surface area contributed by atoms with Gasteiger partial charge in [-0.3, -0.25) is 4.98 Å². The van der Waals surface area contributed by atoms with Crippen molar-refractivity contribution in [2.24, 2.45) is 5.73 Å². The first-order valence-corrected chi connectivity index (χ1v) is 6.12. The molecule has 0 unspecified atom stereocenters. The van der Waals surface area contributed by atoms with Crippen LogP contribution in [0, 0.1) is 0 Å². The highest BCUT2D eigenvalue weighted by Gasteiger charge is 2.03. The lowest BCUT2D eigenvalue weighted by Crippen LogP contribution is -2.16. The van der Waals surface area contributed by atoms with Crippen LogP contribution in [0.3, 0.4) is 0 Å². The van der Waals surface area contributed by atoms with E-state index >= 15 is 0 Å². The van der Waals surface area contributed by atoms with E-state index in [0.717, 1.165) is 12.1 Å². The summed E-state index contributed by atoms with van der Waals surface area (Å²) in [4.78, 5) is 6.32. The van der Waals surface area contributed by atoms with Gasteiger partial charge >= 0.3 is 0 Å². The Kier molecular flexibility index (Phi) is 3.95. The molecule has 0 saturated heterocycles. The Bertz CT molecular complexity index is 477. The predicted molar refractivity (Wildman–Crippen MR) is 75.4 cm³/mol. The molecule has 18 heavy (non-hydrogen) atoms. The van der Waals surface area contributed by atoms with Gasteiger partial charge in [-0.25, -0.2) is 0 Å². The van der Waals surface area contributed by atoms with Crippen LogP contribution in [-0.4, -0.2) is 12.0 Å². The Morgan fingerprint density at radius 1 is 1.22 bits per heavy atom. The van der Waals surface area contributed by atoms with Crippen LogP contribution in [0.5, 0.6) is 0 Å². The number of aromatic nitrogens is 1. The third-order valence-corrected chi connectivity index (χ3v) is 3.00. The van der Waals surface area contributed by atoms with Crippen LogP contribution in [0.2, 0.25) is 0 Å². The molecule has 1 aromatic carbocycles. The van der Waals surface area contributed by atoms with Crippen molar-refractivity contribution >= 4 is 5.69 Å². The summed E-state index contributed by atoms with van der Waals surface area (Å²) in [5, 5.41) is 0. The van der Waals surface area contributed by atoms with Crippen molar-refractivity contribution in [3.63, 3.8) is 0 Å². The van der Waals surface area contributed by atoms with E-state index in [1.807, 2.05) is 19.2 Å². The molecule has 94 valence electrons. The molecule has 0 saturated carbocycles. The first kappa shape index (κ1) is 12.6. The number of pyridine rings is 1. The van der Waals surface area contributed by atoms with Crippen molar-refractivity contribution in [3.05, 3.63) is 59.9 Å². The Hall–Kier alpha value is -1.87. The molecule has 1 heterocycles. The summed E-state index contributed by atoms with van der Waals surface area (Å²) in [5.74, 6) is 0. The largest absolute Gasteiger partial charge is 0.370 e. The molecular weight excluding hydrogens is 222 g/mol. The normalized spacial score (nSPS) is 12.2. The number of benzene rings is 1. The van der Waals surface area contributed by atoms with Crippen LogP contribution >= 0.6 is 0 Å². The summed E-state index contributed by atoms with van der Waals surface area (Å²) in [7, 11) is 2.08. The molecule has 0 aliphatic carbocycles. The number of hydrogen-bond acceptors (Lipinski definition) is 3. The highest BCUT2D eigenvalue weighted by Crippen LogP contribution is 2.18. The maximum absolute atomic E-state index is 5.84. The average molecular weight is 241 g/mol. The van der Waals surface area contributed by atoms with E-state index in [9.17, 15) is 0 Å². The minimum Gasteiger partial charge on any atom is -0.370 e. The van der Waals surface area contributed by atoms with Crippen LogP contribution in [0.4, 0.5) is 5.69 Å². The topological polar surface area (TPSA) is 42.1 Å². The molecule has 0 spiro atoms. The number of nitrogens with two attached hydrogens (primary N) is 1. The van der Waals surface area contributed by atoms with Gasteiger partial charge in [-0.05, 0) is 36.2 Å². The summed E-state index contributed by atoms with van der Waals surface area (Å²) >= 11 is 0. The van der Waals surface area contributed by atoms with Crippen LogP contribution in [0.25, 0.3) is 0 Å².